The SMILES string of the molecule is CNCc1cnc(CC(F)(F)F)nc1C(F)F. The highest BCUT2D eigenvalue weighted by Crippen LogP contribution is 2.23. The number of halogens is 5. The molecule has 0 aliphatic carbocycles. The molecule has 0 saturated carbocycles. The lowest BCUT2D eigenvalue weighted by molar-refractivity contribution is -0.128. The molecule has 1 N–H and O–H groups in total. The number of alkyl halides is 5. The molecule has 0 saturated heterocycles. The summed E-state index contributed by atoms with van der Waals surface area (Å²) in [5.74, 6) is -0.646. The average molecular weight is 255 g/mol. The molecule has 0 amide bonds. The van der Waals surface area contributed by atoms with Crippen LogP contribution in [0.1, 0.15) is 23.5 Å². The van der Waals surface area contributed by atoms with Crippen molar-refractivity contribution in [3.8, 4) is 0 Å². The Hall–Kier alpha value is -1.31. The van der Waals surface area contributed by atoms with Gasteiger partial charge in [0, 0.05) is 18.3 Å². The van der Waals surface area contributed by atoms with Gasteiger partial charge in [0.15, 0.2) is 0 Å². The molecule has 0 aromatic carbocycles. The van der Waals surface area contributed by atoms with Crippen LogP contribution < -0.4 is 5.32 Å². The molecule has 96 valence electrons. The molecule has 3 nitrogen and oxygen atoms in total. The van der Waals surface area contributed by atoms with Crippen LogP contribution in [0.3, 0.4) is 0 Å². The van der Waals surface area contributed by atoms with Crippen molar-refractivity contribution in [3.05, 3.63) is 23.3 Å². The van der Waals surface area contributed by atoms with Gasteiger partial charge in [0.05, 0.1) is 0 Å². The van der Waals surface area contributed by atoms with Crippen molar-refractivity contribution in [2.24, 2.45) is 0 Å². The normalized spacial score (nSPS) is 12.2. The number of aromatic nitrogens is 2. The van der Waals surface area contributed by atoms with Crippen LogP contribution in [0, 0.1) is 0 Å². The summed E-state index contributed by atoms with van der Waals surface area (Å²) >= 11 is 0. The van der Waals surface area contributed by atoms with Gasteiger partial charge in [0.25, 0.3) is 6.43 Å². The number of rotatable bonds is 4. The summed E-state index contributed by atoms with van der Waals surface area (Å²) in [6.45, 7) is 0.0754. The highest BCUT2D eigenvalue weighted by atomic mass is 19.4. The molecule has 1 rings (SSSR count). The van der Waals surface area contributed by atoms with E-state index in [2.05, 4.69) is 15.3 Å². The Morgan fingerprint density at radius 1 is 1.35 bits per heavy atom. The van der Waals surface area contributed by atoms with Crippen molar-refractivity contribution in [1.29, 1.82) is 0 Å². The van der Waals surface area contributed by atoms with Gasteiger partial charge in [-0.3, -0.25) is 0 Å². The molecular weight excluding hydrogens is 245 g/mol. The summed E-state index contributed by atoms with van der Waals surface area (Å²) in [5.41, 5.74) is -0.568. The Morgan fingerprint density at radius 3 is 2.47 bits per heavy atom. The molecular formula is C9H10F5N3. The van der Waals surface area contributed by atoms with Crippen LogP contribution in [0.4, 0.5) is 22.0 Å². The Labute approximate surface area is 94.1 Å². The standard InChI is InChI=1S/C9H10F5N3/c1-15-3-5-4-16-6(2-9(12,13)14)17-7(5)8(10)11/h4,8,15H,2-3H2,1H3. The van der Waals surface area contributed by atoms with Crippen LogP contribution in [0.25, 0.3) is 0 Å². The predicted molar refractivity (Wildman–Crippen MR) is 49.5 cm³/mol. The Bertz CT molecular complexity index is 377. The van der Waals surface area contributed by atoms with Crippen molar-refractivity contribution in [3.63, 3.8) is 0 Å². The zero-order chi connectivity index (χ0) is 13.1. The van der Waals surface area contributed by atoms with Gasteiger partial charge in [-0.15, -0.1) is 0 Å². The first-order chi connectivity index (χ1) is 7.83. The van der Waals surface area contributed by atoms with E-state index in [-0.39, 0.29) is 12.1 Å². The third-order valence-electron chi connectivity index (χ3n) is 1.88. The highest BCUT2D eigenvalue weighted by Gasteiger charge is 2.30. The van der Waals surface area contributed by atoms with E-state index in [1.165, 1.54) is 7.05 Å². The molecule has 1 heterocycles. The third-order valence-corrected chi connectivity index (χ3v) is 1.88. The van der Waals surface area contributed by atoms with Crippen LogP contribution >= 0.6 is 0 Å². The van der Waals surface area contributed by atoms with E-state index < -0.39 is 30.5 Å². The lowest BCUT2D eigenvalue weighted by atomic mass is 10.2. The van der Waals surface area contributed by atoms with Gasteiger partial charge in [-0.25, -0.2) is 18.7 Å². The number of nitrogens with zero attached hydrogens (tertiary/aromatic N) is 2. The summed E-state index contributed by atoms with van der Waals surface area (Å²) in [4.78, 5) is 6.68. The predicted octanol–water partition coefficient (Wildman–Crippen LogP) is 2.24. The lowest BCUT2D eigenvalue weighted by Gasteiger charge is -2.10. The molecule has 0 bridgehead atoms. The van der Waals surface area contributed by atoms with E-state index in [1.807, 2.05) is 0 Å². The fourth-order valence-corrected chi connectivity index (χ4v) is 1.24. The summed E-state index contributed by atoms with van der Waals surface area (Å²) in [6.07, 6.45) is -7.85. The van der Waals surface area contributed by atoms with Gasteiger partial charge in [0.2, 0.25) is 0 Å². The maximum Gasteiger partial charge on any atom is 0.396 e. The van der Waals surface area contributed by atoms with Crippen LogP contribution in [0.15, 0.2) is 6.20 Å². The first-order valence-corrected chi connectivity index (χ1v) is 4.67. The van der Waals surface area contributed by atoms with E-state index in [4.69, 9.17) is 0 Å². The first-order valence-electron chi connectivity index (χ1n) is 4.67. The molecule has 0 radical (unpaired) electrons. The Kier molecular flexibility index (Phi) is 4.33. The second-order valence-corrected chi connectivity index (χ2v) is 3.32. The van der Waals surface area contributed by atoms with Gasteiger partial charge < -0.3 is 5.32 Å². The zero-order valence-corrected chi connectivity index (χ0v) is 8.85. The maximum absolute atomic E-state index is 12.6. The molecule has 0 atom stereocenters. The summed E-state index contributed by atoms with van der Waals surface area (Å²) < 4.78 is 61.3. The van der Waals surface area contributed by atoms with Gasteiger partial charge >= 0.3 is 6.18 Å². The number of nitrogens with one attached hydrogen (secondary N) is 1. The average Bonchev–Trinajstić information content (AvgIpc) is 2.18. The molecule has 0 aliphatic heterocycles. The van der Waals surface area contributed by atoms with Crippen LogP contribution in [-0.2, 0) is 13.0 Å². The second kappa shape index (κ2) is 5.35. The van der Waals surface area contributed by atoms with Crippen LogP contribution in [-0.4, -0.2) is 23.2 Å². The molecule has 0 spiro atoms. The lowest BCUT2D eigenvalue weighted by Crippen LogP contribution is -2.17. The number of hydrogen-bond acceptors (Lipinski definition) is 3. The summed E-state index contributed by atoms with van der Waals surface area (Å²) in [7, 11) is 1.53. The van der Waals surface area contributed by atoms with E-state index in [0.717, 1.165) is 6.20 Å². The third kappa shape index (κ3) is 4.22. The van der Waals surface area contributed by atoms with Gasteiger partial charge in [-0.1, -0.05) is 0 Å². The van der Waals surface area contributed by atoms with Crippen molar-refractivity contribution < 1.29 is 22.0 Å². The minimum absolute atomic E-state index is 0.0754. The largest absolute Gasteiger partial charge is 0.396 e. The molecule has 0 unspecified atom stereocenters. The van der Waals surface area contributed by atoms with E-state index in [0.29, 0.717) is 0 Å². The fourth-order valence-electron chi connectivity index (χ4n) is 1.24. The van der Waals surface area contributed by atoms with Crippen LogP contribution in [0.5, 0.6) is 0 Å². The minimum atomic E-state index is -4.51. The van der Waals surface area contributed by atoms with Crippen molar-refractivity contribution >= 4 is 0 Å². The van der Waals surface area contributed by atoms with Crippen LogP contribution in [0.2, 0.25) is 0 Å². The molecule has 8 heteroatoms. The Balaban J connectivity index is 3.01. The zero-order valence-electron chi connectivity index (χ0n) is 8.85. The minimum Gasteiger partial charge on any atom is -0.316 e. The van der Waals surface area contributed by atoms with E-state index >= 15 is 0 Å². The first kappa shape index (κ1) is 13.8. The summed E-state index contributed by atoms with van der Waals surface area (Å²) in [6, 6.07) is 0. The van der Waals surface area contributed by atoms with E-state index in [9.17, 15) is 22.0 Å². The summed E-state index contributed by atoms with van der Waals surface area (Å²) in [5, 5.41) is 2.61. The topological polar surface area (TPSA) is 37.8 Å². The maximum atomic E-state index is 12.6. The van der Waals surface area contributed by atoms with Gasteiger partial charge in [-0.05, 0) is 7.05 Å². The molecule has 0 fully saturated rings. The van der Waals surface area contributed by atoms with E-state index in [1.54, 1.807) is 0 Å². The monoisotopic (exact) mass is 255 g/mol. The fraction of sp³-hybridized carbons (Fsp3) is 0.556. The smallest absolute Gasteiger partial charge is 0.316 e. The number of hydrogen-bond donors (Lipinski definition) is 1. The highest BCUT2D eigenvalue weighted by molar-refractivity contribution is 5.19. The molecule has 17 heavy (non-hydrogen) atoms. The van der Waals surface area contributed by atoms with Crippen molar-refractivity contribution in [2.75, 3.05) is 7.05 Å². The second-order valence-electron chi connectivity index (χ2n) is 3.32. The molecule has 1 aromatic heterocycles. The molecule has 0 aliphatic rings. The quantitative estimate of drug-likeness (QED) is 0.838. The van der Waals surface area contributed by atoms with Crippen molar-refractivity contribution in [1.82, 2.24) is 15.3 Å². The van der Waals surface area contributed by atoms with Gasteiger partial charge in [-0.2, -0.15) is 13.2 Å². The molecule has 1 aromatic rings. The Morgan fingerprint density at radius 2 is 2.00 bits per heavy atom. The van der Waals surface area contributed by atoms with Gasteiger partial charge in [0.1, 0.15) is 17.9 Å². The van der Waals surface area contributed by atoms with Crippen molar-refractivity contribution in [2.45, 2.75) is 25.6 Å².